The number of hydrogen-bond acceptors (Lipinski definition) is 6. The summed E-state index contributed by atoms with van der Waals surface area (Å²) in [7, 11) is -1.56. The number of carbonyl (C=O) groups excluding carboxylic acids is 1. The smallest absolute Gasteiger partial charge is 0.272 e. The van der Waals surface area contributed by atoms with Crippen molar-refractivity contribution in [1.82, 2.24) is 15.1 Å². The minimum atomic E-state index is -3.14. The Morgan fingerprint density at radius 1 is 1.22 bits per heavy atom. The number of aliphatic hydroxyl groups is 1. The van der Waals surface area contributed by atoms with Gasteiger partial charge in [0.05, 0.1) is 43.0 Å². The van der Waals surface area contributed by atoms with Crippen LogP contribution in [0.3, 0.4) is 0 Å². The van der Waals surface area contributed by atoms with Crippen LogP contribution in [0, 0.1) is 0 Å². The van der Waals surface area contributed by atoms with E-state index in [2.05, 4.69) is 10.4 Å². The Bertz CT molecular complexity index is 1190. The summed E-state index contributed by atoms with van der Waals surface area (Å²) in [5, 5.41) is 17.1. The van der Waals surface area contributed by atoms with Gasteiger partial charge >= 0.3 is 0 Å². The molecule has 1 saturated heterocycles. The maximum Gasteiger partial charge on any atom is 0.272 e. The summed E-state index contributed by atoms with van der Waals surface area (Å²) < 4.78 is 31.0. The first-order chi connectivity index (χ1) is 15.4. The highest BCUT2D eigenvalue weighted by atomic mass is 32.2. The number of nitrogens with one attached hydrogen (secondary N) is 1. The second-order valence-electron chi connectivity index (χ2n) is 7.76. The molecule has 0 radical (unpaired) electrons. The number of sulfone groups is 1. The number of nitrogens with zero attached hydrogens (tertiary/aromatic N) is 2. The molecular formula is C23H25N3O5S. The van der Waals surface area contributed by atoms with Gasteiger partial charge in [-0.2, -0.15) is 5.10 Å². The highest BCUT2D eigenvalue weighted by Crippen LogP contribution is 2.31. The van der Waals surface area contributed by atoms with Crippen molar-refractivity contribution in [2.75, 3.05) is 25.2 Å². The molecule has 4 rings (SSSR count). The lowest BCUT2D eigenvalue weighted by molar-refractivity contribution is 0.0910. The van der Waals surface area contributed by atoms with Crippen molar-refractivity contribution in [3.63, 3.8) is 0 Å². The van der Waals surface area contributed by atoms with Crippen molar-refractivity contribution >= 4 is 15.7 Å². The van der Waals surface area contributed by atoms with Crippen molar-refractivity contribution in [2.45, 2.75) is 18.5 Å². The summed E-state index contributed by atoms with van der Waals surface area (Å²) >= 11 is 0. The van der Waals surface area contributed by atoms with Gasteiger partial charge in [-0.05, 0) is 42.3 Å². The fraction of sp³-hybridized carbons (Fsp3) is 0.304. The summed E-state index contributed by atoms with van der Waals surface area (Å²) in [6.45, 7) is -0.261. The highest BCUT2D eigenvalue weighted by Gasteiger charge is 2.32. The van der Waals surface area contributed by atoms with Gasteiger partial charge in [0.2, 0.25) is 0 Å². The van der Waals surface area contributed by atoms with Gasteiger partial charge in [0, 0.05) is 5.56 Å². The van der Waals surface area contributed by atoms with Gasteiger partial charge in [0.15, 0.2) is 15.5 Å². The quantitative estimate of drug-likeness (QED) is 0.566. The molecule has 0 aliphatic carbocycles. The van der Waals surface area contributed by atoms with Crippen molar-refractivity contribution in [1.29, 1.82) is 0 Å². The fourth-order valence-corrected chi connectivity index (χ4v) is 5.57. The molecule has 3 aromatic rings. The van der Waals surface area contributed by atoms with Crippen LogP contribution in [0.1, 0.15) is 34.6 Å². The lowest BCUT2D eigenvalue weighted by Gasteiger charge is -2.16. The second kappa shape index (κ2) is 9.13. The molecule has 168 valence electrons. The topological polar surface area (TPSA) is 111 Å². The minimum Gasteiger partial charge on any atom is -0.497 e. The van der Waals surface area contributed by atoms with Gasteiger partial charge in [-0.1, -0.05) is 30.3 Å². The standard InChI is InChI=1S/C23H25N3O5S/c1-31-19-9-7-17(8-10-19)22-13-20(25-26(22)18-11-12-32(29,30)15-18)23(28)24-21(14-27)16-5-3-2-4-6-16/h2-10,13,18,21,27H,11-12,14-15H2,1H3,(H,24,28)/t18-,21-/m1/s1. The zero-order valence-corrected chi connectivity index (χ0v) is 18.5. The van der Waals surface area contributed by atoms with Crippen LogP contribution in [0.4, 0.5) is 0 Å². The largest absolute Gasteiger partial charge is 0.497 e. The Kier molecular flexibility index (Phi) is 6.29. The van der Waals surface area contributed by atoms with E-state index >= 15 is 0 Å². The van der Waals surface area contributed by atoms with Gasteiger partial charge in [-0.3, -0.25) is 9.48 Å². The Morgan fingerprint density at radius 2 is 1.94 bits per heavy atom. The summed E-state index contributed by atoms with van der Waals surface area (Å²) in [5.41, 5.74) is 2.39. The molecule has 1 fully saturated rings. The normalized spacial score (nSPS) is 18.2. The van der Waals surface area contributed by atoms with E-state index in [4.69, 9.17) is 4.74 Å². The van der Waals surface area contributed by atoms with Crippen molar-refractivity contribution < 1.29 is 23.1 Å². The highest BCUT2D eigenvalue weighted by molar-refractivity contribution is 7.91. The Balaban J connectivity index is 1.67. The molecule has 9 heteroatoms. The van der Waals surface area contributed by atoms with Crippen LogP contribution in [-0.4, -0.2) is 54.4 Å². The first kappa shape index (κ1) is 22.0. The maximum absolute atomic E-state index is 13.0. The SMILES string of the molecule is COc1ccc(-c2cc(C(=O)N[C@H](CO)c3ccccc3)nn2[C@@H]2CCS(=O)(=O)C2)cc1. The van der Waals surface area contributed by atoms with Crippen molar-refractivity contribution in [2.24, 2.45) is 0 Å². The van der Waals surface area contributed by atoms with Crippen LogP contribution in [-0.2, 0) is 9.84 Å². The molecule has 1 aromatic heterocycles. The van der Waals surface area contributed by atoms with E-state index in [1.807, 2.05) is 42.5 Å². The molecule has 1 amide bonds. The average molecular weight is 456 g/mol. The third-order valence-electron chi connectivity index (χ3n) is 5.60. The molecule has 2 N–H and O–H groups in total. The van der Waals surface area contributed by atoms with E-state index < -0.39 is 21.8 Å². The van der Waals surface area contributed by atoms with Crippen molar-refractivity contribution in [3.05, 3.63) is 71.9 Å². The number of amides is 1. The predicted molar refractivity (Wildman–Crippen MR) is 120 cm³/mol. The lowest BCUT2D eigenvalue weighted by Crippen LogP contribution is -2.31. The number of ether oxygens (including phenoxy) is 1. The zero-order chi connectivity index (χ0) is 22.7. The fourth-order valence-electron chi connectivity index (χ4n) is 3.88. The van der Waals surface area contributed by atoms with Gasteiger partial charge in [-0.25, -0.2) is 8.42 Å². The molecule has 0 bridgehead atoms. The van der Waals surface area contributed by atoms with Crippen LogP contribution in [0.2, 0.25) is 0 Å². The van der Waals surface area contributed by atoms with Gasteiger partial charge < -0.3 is 15.2 Å². The lowest BCUT2D eigenvalue weighted by atomic mass is 10.1. The Labute approximate surface area is 186 Å². The minimum absolute atomic E-state index is 0.0117. The van der Waals surface area contributed by atoms with Crippen LogP contribution in [0.15, 0.2) is 60.7 Å². The van der Waals surface area contributed by atoms with Crippen LogP contribution in [0.5, 0.6) is 5.75 Å². The van der Waals surface area contributed by atoms with Crippen LogP contribution in [0.25, 0.3) is 11.3 Å². The molecular weight excluding hydrogens is 430 g/mol. The van der Waals surface area contributed by atoms with E-state index in [9.17, 15) is 18.3 Å². The third kappa shape index (κ3) is 4.68. The molecule has 0 saturated carbocycles. The first-order valence-corrected chi connectivity index (χ1v) is 12.1. The zero-order valence-electron chi connectivity index (χ0n) is 17.6. The molecule has 2 atom stereocenters. The van der Waals surface area contributed by atoms with Crippen molar-refractivity contribution in [3.8, 4) is 17.0 Å². The van der Waals surface area contributed by atoms with Crippen LogP contribution < -0.4 is 10.1 Å². The molecule has 1 aliphatic heterocycles. The summed E-state index contributed by atoms with van der Waals surface area (Å²) in [6.07, 6.45) is 0.442. The van der Waals surface area contributed by atoms with Gasteiger partial charge in [-0.15, -0.1) is 0 Å². The van der Waals surface area contributed by atoms with E-state index in [-0.39, 0.29) is 29.8 Å². The number of rotatable bonds is 7. The monoisotopic (exact) mass is 455 g/mol. The van der Waals surface area contributed by atoms with Gasteiger partial charge in [0.25, 0.3) is 5.91 Å². The Morgan fingerprint density at radius 3 is 2.53 bits per heavy atom. The van der Waals surface area contributed by atoms with Crippen LogP contribution >= 0.6 is 0 Å². The second-order valence-corrected chi connectivity index (χ2v) is 9.99. The predicted octanol–water partition coefficient (Wildman–Crippen LogP) is 2.38. The number of aromatic nitrogens is 2. The van der Waals surface area contributed by atoms with Gasteiger partial charge in [0.1, 0.15) is 5.75 Å². The van der Waals surface area contributed by atoms with E-state index in [1.54, 1.807) is 30.0 Å². The number of benzene rings is 2. The third-order valence-corrected chi connectivity index (χ3v) is 7.35. The molecule has 32 heavy (non-hydrogen) atoms. The summed E-state index contributed by atoms with van der Waals surface area (Å²) in [4.78, 5) is 13.0. The molecule has 0 unspecified atom stereocenters. The summed E-state index contributed by atoms with van der Waals surface area (Å²) in [5.74, 6) is 0.335. The number of methoxy groups -OCH3 is 1. The van der Waals surface area contributed by atoms with E-state index in [0.717, 1.165) is 11.1 Å². The Hall–Kier alpha value is -3.17. The molecule has 2 aromatic carbocycles. The molecule has 0 spiro atoms. The molecule has 2 heterocycles. The number of carbonyl (C=O) groups is 1. The first-order valence-electron chi connectivity index (χ1n) is 10.3. The van der Waals surface area contributed by atoms with E-state index in [1.165, 1.54) is 0 Å². The number of aliphatic hydroxyl groups excluding tert-OH is 1. The van der Waals surface area contributed by atoms with E-state index in [0.29, 0.717) is 17.9 Å². The maximum atomic E-state index is 13.0. The molecule has 1 aliphatic rings. The number of hydrogen-bond donors (Lipinski definition) is 2. The molecule has 8 nitrogen and oxygen atoms in total. The average Bonchev–Trinajstić information content (AvgIpc) is 3.41. The summed E-state index contributed by atoms with van der Waals surface area (Å²) in [6, 6.07) is 17.2.